The van der Waals surface area contributed by atoms with Gasteiger partial charge in [0.15, 0.2) is 5.65 Å². The molecular weight excluding hydrogens is 392 g/mol. The Morgan fingerprint density at radius 2 is 2.10 bits per heavy atom. The van der Waals surface area contributed by atoms with Crippen LogP contribution < -0.4 is 0 Å². The second-order valence-corrected chi connectivity index (χ2v) is 7.84. The Morgan fingerprint density at radius 3 is 2.81 bits per heavy atom. The number of hydrogen-bond donors (Lipinski definition) is 0. The van der Waals surface area contributed by atoms with E-state index in [2.05, 4.69) is 16.1 Å². The van der Waals surface area contributed by atoms with Gasteiger partial charge in [-0.3, -0.25) is 4.98 Å². The minimum atomic E-state index is -0.384. The lowest BCUT2D eigenvalue weighted by molar-refractivity contribution is -0.137. The molecule has 7 nitrogen and oxygen atoms in total. The molecule has 162 valence electrons. The highest BCUT2D eigenvalue weighted by Crippen LogP contribution is 2.35. The van der Waals surface area contributed by atoms with Gasteiger partial charge in [0.25, 0.3) is 0 Å². The summed E-state index contributed by atoms with van der Waals surface area (Å²) in [4.78, 5) is 21.4. The monoisotopic (exact) mass is 420 g/mol. The molecule has 0 radical (unpaired) electrons. The van der Waals surface area contributed by atoms with E-state index >= 15 is 0 Å². The first-order valence-electron chi connectivity index (χ1n) is 10.8. The molecule has 4 rings (SSSR count). The maximum absolute atomic E-state index is 12.1. The van der Waals surface area contributed by atoms with Gasteiger partial charge in [0, 0.05) is 53.7 Å². The van der Waals surface area contributed by atoms with Crippen molar-refractivity contribution in [1.29, 1.82) is 0 Å². The zero-order valence-corrected chi connectivity index (χ0v) is 18.3. The van der Waals surface area contributed by atoms with Crippen LogP contribution in [0, 0.1) is 12.8 Å². The summed E-state index contributed by atoms with van der Waals surface area (Å²) in [5.74, 6) is 0.272. The van der Waals surface area contributed by atoms with Crippen molar-refractivity contribution >= 4 is 23.1 Å². The fourth-order valence-corrected chi connectivity index (χ4v) is 3.62. The van der Waals surface area contributed by atoms with Crippen molar-refractivity contribution in [2.45, 2.75) is 46.8 Å². The molecule has 0 aromatic carbocycles. The fraction of sp³-hybridized carbons (Fsp3) is 0.417. The zero-order valence-electron chi connectivity index (χ0n) is 18.3. The Hall–Kier alpha value is -3.06. The van der Waals surface area contributed by atoms with Gasteiger partial charge in [-0.2, -0.15) is 5.10 Å². The van der Waals surface area contributed by atoms with E-state index in [4.69, 9.17) is 14.5 Å². The third kappa shape index (κ3) is 4.82. The van der Waals surface area contributed by atoms with Crippen molar-refractivity contribution in [3.63, 3.8) is 0 Å². The van der Waals surface area contributed by atoms with Gasteiger partial charge in [-0.25, -0.2) is 14.5 Å². The van der Waals surface area contributed by atoms with Crippen molar-refractivity contribution in [2.75, 3.05) is 13.2 Å². The second-order valence-electron chi connectivity index (χ2n) is 7.84. The number of pyridine rings is 2. The largest absolute Gasteiger partial charge is 0.463 e. The lowest BCUT2D eigenvalue weighted by Gasteiger charge is -2.14. The number of aryl methyl sites for hydroxylation is 2. The molecule has 3 aromatic rings. The van der Waals surface area contributed by atoms with Crippen molar-refractivity contribution in [3.8, 4) is 11.1 Å². The third-order valence-electron chi connectivity index (χ3n) is 5.33. The first-order chi connectivity index (χ1) is 15.1. The van der Waals surface area contributed by atoms with E-state index < -0.39 is 0 Å². The molecule has 0 N–H and O–H groups in total. The van der Waals surface area contributed by atoms with Crippen molar-refractivity contribution < 1.29 is 14.3 Å². The fourth-order valence-electron chi connectivity index (χ4n) is 3.62. The highest BCUT2D eigenvalue weighted by Gasteiger charge is 2.23. The molecule has 1 aliphatic carbocycles. The summed E-state index contributed by atoms with van der Waals surface area (Å²) in [6, 6.07) is 2.08. The average Bonchev–Trinajstić information content (AvgIpc) is 3.49. The standard InChI is InChI=1S/C24H28N4O3/c1-4-28-24-20(13-26-28)23(18-10-16(3)11-25-12-18)19(8-9-22(29)31-5-2)21(27-24)15-30-14-17-6-7-17/h8-13,17H,4-7,14-15H2,1-3H3. The van der Waals surface area contributed by atoms with Gasteiger partial charge in [-0.1, -0.05) is 0 Å². The van der Waals surface area contributed by atoms with Gasteiger partial charge in [0.05, 0.1) is 25.1 Å². The average molecular weight is 421 g/mol. The van der Waals surface area contributed by atoms with Crippen LogP contribution in [0.25, 0.3) is 28.2 Å². The zero-order chi connectivity index (χ0) is 21.8. The van der Waals surface area contributed by atoms with Gasteiger partial charge in [0.1, 0.15) is 0 Å². The van der Waals surface area contributed by atoms with E-state index in [1.807, 2.05) is 37.1 Å². The Bertz CT molecular complexity index is 1120. The van der Waals surface area contributed by atoms with Crippen molar-refractivity contribution in [3.05, 3.63) is 47.6 Å². The normalized spacial score (nSPS) is 13.9. The minimum absolute atomic E-state index is 0.329. The predicted molar refractivity (Wildman–Crippen MR) is 119 cm³/mol. The van der Waals surface area contributed by atoms with Crippen molar-refractivity contribution in [1.82, 2.24) is 19.7 Å². The summed E-state index contributed by atoms with van der Waals surface area (Å²) in [6.07, 6.45) is 11.2. The van der Waals surface area contributed by atoms with E-state index in [1.165, 1.54) is 18.9 Å². The summed E-state index contributed by atoms with van der Waals surface area (Å²) in [7, 11) is 0. The van der Waals surface area contributed by atoms with Gasteiger partial charge >= 0.3 is 5.97 Å². The topological polar surface area (TPSA) is 79.1 Å². The van der Waals surface area contributed by atoms with E-state index in [-0.39, 0.29) is 5.97 Å². The smallest absolute Gasteiger partial charge is 0.330 e. The molecular formula is C24H28N4O3. The molecule has 31 heavy (non-hydrogen) atoms. The van der Waals surface area contributed by atoms with Crippen LogP contribution in [-0.4, -0.2) is 38.9 Å². The molecule has 1 saturated carbocycles. The van der Waals surface area contributed by atoms with Gasteiger partial charge < -0.3 is 9.47 Å². The molecule has 0 unspecified atom stereocenters. The maximum Gasteiger partial charge on any atom is 0.330 e. The Morgan fingerprint density at radius 1 is 1.26 bits per heavy atom. The number of carbonyl (C=O) groups excluding carboxylic acids is 1. The van der Waals surface area contributed by atoms with E-state index in [1.54, 1.807) is 13.0 Å². The first kappa shape index (κ1) is 21.2. The Labute approximate surface area is 182 Å². The summed E-state index contributed by atoms with van der Waals surface area (Å²) in [5.41, 5.74) is 5.37. The molecule has 0 atom stereocenters. The van der Waals surface area contributed by atoms with Crippen LogP contribution in [0.2, 0.25) is 0 Å². The van der Waals surface area contributed by atoms with Crippen LogP contribution in [-0.2, 0) is 27.4 Å². The molecule has 0 bridgehead atoms. The quantitative estimate of drug-likeness (QED) is 0.379. The summed E-state index contributed by atoms with van der Waals surface area (Å²) < 4.78 is 13.0. The Balaban J connectivity index is 1.88. The number of ether oxygens (including phenoxy) is 2. The lowest BCUT2D eigenvalue weighted by Crippen LogP contribution is -2.06. The molecule has 1 fully saturated rings. The highest BCUT2D eigenvalue weighted by atomic mass is 16.5. The van der Waals surface area contributed by atoms with Gasteiger partial charge in [-0.05, 0) is 57.2 Å². The van der Waals surface area contributed by atoms with Crippen LogP contribution in [0.15, 0.2) is 30.7 Å². The van der Waals surface area contributed by atoms with Gasteiger partial charge in [-0.15, -0.1) is 0 Å². The maximum atomic E-state index is 12.1. The molecule has 0 saturated heterocycles. The first-order valence-corrected chi connectivity index (χ1v) is 10.8. The Kier molecular flexibility index (Phi) is 6.42. The molecule has 0 amide bonds. The van der Waals surface area contributed by atoms with E-state index in [0.29, 0.717) is 25.7 Å². The predicted octanol–water partition coefficient (Wildman–Crippen LogP) is 4.32. The number of nitrogens with zero attached hydrogens (tertiary/aromatic N) is 4. The van der Waals surface area contributed by atoms with E-state index in [9.17, 15) is 4.79 Å². The molecule has 0 spiro atoms. The number of carbonyl (C=O) groups is 1. The van der Waals surface area contributed by atoms with Crippen LogP contribution in [0.4, 0.5) is 0 Å². The summed E-state index contributed by atoms with van der Waals surface area (Å²) in [6.45, 7) is 7.99. The number of fused-ring (bicyclic) bond motifs is 1. The number of esters is 1. The summed E-state index contributed by atoms with van der Waals surface area (Å²) >= 11 is 0. The highest BCUT2D eigenvalue weighted by molar-refractivity contribution is 5.99. The van der Waals surface area contributed by atoms with Crippen LogP contribution in [0.5, 0.6) is 0 Å². The molecule has 7 heteroatoms. The number of aromatic nitrogens is 4. The molecule has 0 aliphatic heterocycles. The van der Waals surface area contributed by atoms with Crippen LogP contribution in [0.3, 0.4) is 0 Å². The van der Waals surface area contributed by atoms with Crippen LogP contribution >= 0.6 is 0 Å². The third-order valence-corrected chi connectivity index (χ3v) is 5.33. The molecule has 3 aromatic heterocycles. The molecule has 1 aliphatic rings. The number of hydrogen-bond acceptors (Lipinski definition) is 6. The second kappa shape index (κ2) is 9.39. The van der Waals surface area contributed by atoms with Crippen LogP contribution in [0.1, 0.15) is 43.5 Å². The number of rotatable bonds is 9. The summed E-state index contributed by atoms with van der Waals surface area (Å²) in [5, 5.41) is 5.45. The van der Waals surface area contributed by atoms with E-state index in [0.717, 1.165) is 45.6 Å². The minimum Gasteiger partial charge on any atom is -0.463 e. The molecule has 3 heterocycles. The van der Waals surface area contributed by atoms with Crippen molar-refractivity contribution in [2.24, 2.45) is 5.92 Å². The van der Waals surface area contributed by atoms with Gasteiger partial charge in [0.2, 0.25) is 0 Å². The lowest BCUT2D eigenvalue weighted by atomic mass is 9.96. The SMILES string of the molecule is CCOC(=O)C=Cc1c(COCC2CC2)nc2c(cnn2CC)c1-c1cncc(C)c1.